The number of aryl methyl sites for hydroxylation is 3. The largest absolute Gasteiger partial charge is 0.427 e. The van der Waals surface area contributed by atoms with Crippen molar-refractivity contribution in [2.75, 3.05) is 9.80 Å². The zero-order chi connectivity index (χ0) is 34.3. The molecular weight excluding hydrogens is 611 g/mol. The Morgan fingerprint density at radius 2 is 1.34 bits per heavy atom. The van der Waals surface area contributed by atoms with Crippen molar-refractivity contribution in [1.29, 1.82) is 0 Å². The molecule has 5 heteroatoms. The molecule has 9 rings (SSSR count). The third kappa shape index (κ3) is 4.75. The van der Waals surface area contributed by atoms with E-state index < -0.39 is 0 Å². The van der Waals surface area contributed by atoms with Crippen LogP contribution < -0.4 is 30.9 Å². The van der Waals surface area contributed by atoms with Crippen molar-refractivity contribution < 1.29 is 9.15 Å². The van der Waals surface area contributed by atoms with Gasteiger partial charge in [-0.15, -0.1) is 0 Å². The van der Waals surface area contributed by atoms with Crippen LogP contribution in [0.3, 0.4) is 0 Å². The average molecular weight is 651 g/mol. The van der Waals surface area contributed by atoms with Gasteiger partial charge in [-0.25, -0.2) is 0 Å². The van der Waals surface area contributed by atoms with E-state index in [2.05, 4.69) is 179 Å². The fourth-order valence-corrected chi connectivity index (χ4v) is 7.73. The van der Waals surface area contributed by atoms with Gasteiger partial charge in [0.2, 0.25) is 0 Å². The van der Waals surface area contributed by atoms with Crippen LogP contribution in [0.15, 0.2) is 132 Å². The Balaban J connectivity index is 1.39. The van der Waals surface area contributed by atoms with E-state index in [9.17, 15) is 0 Å². The summed E-state index contributed by atoms with van der Waals surface area (Å²) in [6.45, 7) is 13.3. The van der Waals surface area contributed by atoms with Crippen molar-refractivity contribution in [2.45, 2.75) is 47.0 Å². The molecular formula is C45H39BN2O2. The molecule has 0 amide bonds. The van der Waals surface area contributed by atoms with E-state index >= 15 is 0 Å². The zero-order valence-electron chi connectivity index (χ0n) is 29.4. The lowest BCUT2D eigenvalue weighted by Crippen LogP contribution is -2.59. The third-order valence-corrected chi connectivity index (χ3v) is 10.5. The number of ether oxygens (including phenoxy) is 1. The molecule has 2 aliphatic rings. The normalized spacial score (nSPS) is 13.1. The molecule has 0 bridgehead atoms. The lowest BCUT2D eigenvalue weighted by molar-refractivity contribution is 0.364. The van der Waals surface area contributed by atoms with Crippen LogP contribution in [0, 0.1) is 20.8 Å². The predicted molar refractivity (Wildman–Crippen MR) is 210 cm³/mol. The molecule has 0 unspecified atom stereocenters. The highest BCUT2D eigenvalue weighted by molar-refractivity contribution is 7.00. The summed E-state index contributed by atoms with van der Waals surface area (Å²) in [7, 11) is 0. The SMILES string of the molecule is Cc1ccc2oc3c(c2c1)B1c2cc(C(C)(C)C)ccc2N(c2ccc(C)c(C)c2)c2cc(N(c4ccccc4)c4ccccc4)cc(c21)O3. The number of furan rings is 1. The Bertz CT molecular complexity index is 2400. The number of hydrogen-bond donors (Lipinski definition) is 0. The van der Waals surface area contributed by atoms with Crippen LogP contribution in [0.4, 0.5) is 34.1 Å². The molecule has 0 radical (unpaired) electrons. The van der Waals surface area contributed by atoms with Crippen LogP contribution in [0.5, 0.6) is 11.7 Å². The summed E-state index contributed by atoms with van der Waals surface area (Å²) in [6.07, 6.45) is 0. The molecule has 0 saturated carbocycles. The second-order valence-corrected chi connectivity index (χ2v) is 14.8. The molecule has 244 valence electrons. The summed E-state index contributed by atoms with van der Waals surface area (Å²) < 4.78 is 13.5. The van der Waals surface area contributed by atoms with Gasteiger partial charge in [0.1, 0.15) is 11.3 Å². The van der Waals surface area contributed by atoms with Crippen LogP contribution in [-0.4, -0.2) is 6.71 Å². The minimum absolute atomic E-state index is 0.0256. The molecule has 0 aliphatic carbocycles. The van der Waals surface area contributed by atoms with Gasteiger partial charge in [0, 0.05) is 45.4 Å². The van der Waals surface area contributed by atoms with Gasteiger partial charge in [-0.1, -0.05) is 87.0 Å². The minimum Gasteiger partial charge on any atom is -0.427 e. The Kier molecular flexibility index (Phi) is 6.79. The minimum atomic E-state index is -0.0807. The molecule has 50 heavy (non-hydrogen) atoms. The molecule has 7 aromatic rings. The van der Waals surface area contributed by atoms with Gasteiger partial charge in [0.25, 0.3) is 12.7 Å². The maximum atomic E-state index is 6.93. The second-order valence-electron chi connectivity index (χ2n) is 14.8. The molecule has 0 saturated heterocycles. The van der Waals surface area contributed by atoms with Gasteiger partial charge in [0.05, 0.1) is 5.69 Å². The highest BCUT2D eigenvalue weighted by atomic mass is 16.6. The van der Waals surface area contributed by atoms with E-state index in [4.69, 9.17) is 9.15 Å². The van der Waals surface area contributed by atoms with Gasteiger partial charge in [-0.3, -0.25) is 0 Å². The van der Waals surface area contributed by atoms with E-state index in [0.717, 1.165) is 56.1 Å². The van der Waals surface area contributed by atoms with Gasteiger partial charge in [0.15, 0.2) is 0 Å². The highest BCUT2D eigenvalue weighted by Gasteiger charge is 2.45. The van der Waals surface area contributed by atoms with E-state index in [1.54, 1.807) is 0 Å². The number of para-hydroxylation sites is 2. The van der Waals surface area contributed by atoms with E-state index in [1.807, 2.05) is 0 Å². The average Bonchev–Trinajstić information content (AvgIpc) is 3.47. The van der Waals surface area contributed by atoms with Crippen molar-refractivity contribution in [1.82, 2.24) is 0 Å². The van der Waals surface area contributed by atoms with Gasteiger partial charge in [-0.05, 0) is 114 Å². The molecule has 2 aliphatic heterocycles. The summed E-state index contributed by atoms with van der Waals surface area (Å²) in [5.74, 6) is 1.38. The van der Waals surface area contributed by atoms with Crippen LogP contribution in [0.25, 0.3) is 11.0 Å². The summed E-state index contributed by atoms with van der Waals surface area (Å²) in [6, 6.07) is 46.0. The smallest absolute Gasteiger partial charge is 0.285 e. The van der Waals surface area contributed by atoms with Crippen molar-refractivity contribution in [3.05, 3.63) is 150 Å². The van der Waals surface area contributed by atoms with Crippen LogP contribution in [-0.2, 0) is 5.41 Å². The number of hydrogen-bond acceptors (Lipinski definition) is 4. The molecule has 4 nitrogen and oxygen atoms in total. The van der Waals surface area contributed by atoms with Gasteiger partial charge >= 0.3 is 0 Å². The first-order valence-corrected chi connectivity index (χ1v) is 17.5. The molecule has 3 heterocycles. The molecule has 0 spiro atoms. The van der Waals surface area contributed by atoms with Crippen LogP contribution >= 0.6 is 0 Å². The Morgan fingerprint density at radius 1 is 0.620 bits per heavy atom. The third-order valence-electron chi connectivity index (χ3n) is 10.5. The van der Waals surface area contributed by atoms with E-state index in [1.165, 1.54) is 33.4 Å². The predicted octanol–water partition coefficient (Wildman–Crippen LogP) is 10.5. The van der Waals surface area contributed by atoms with Crippen molar-refractivity contribution in [3.63, 3.8) is 0 Å². The number of anilines is 6. The van der Waals surface area contributed by atoms with Crippen molar-refractivity contribution in [2.24, 2.45) is 0 Å². The van der Waals surface area contributed by atoms with Crippen molar-refractivity contribution in [3.8, 4) is 11.7 Å². The monoisotopic (exact) mass is 650 g/mol. The second kappa shape index (κ2) is 11.2. The Hall–Kier alpha value is -5.68. The summed E-state index contributed by atoms with van der Waals surface area (Å²) >= 11 is 0. The molecule has 0 N–H and O–H groups in total. The maximum Gasteiger partial charge on any atom is 0.285 e. The molecule has 6 aromatic carbocycles. The first-order valence-electron chi connectivity index (χ1n) is 17.5. The molecule has 0 fully saturated rings. The van der Waals surface area contributed by atoms with E-state index in [0.29, 0.717) is 5.95 Å². The van der Waals surface area contributed by atoms with Gasteiger partial charge in [-0.2, -0.15) is 0 Å². The molecule has 1 aromatic heterocycles. The quantitative estimate of drug-likeness (QED) is 0.177. The first kappa shape index (κ1) is 30.4. The lowest BCUT2D eigenvalue weighted by Gasteiger charge is -2.41. The highest BCUT2D eigenvalue weighted by Crippen LogP contribution is 2.47. The van der Waals surface area contributed by atoms with E-state index in [-0.39, 0.29) is 12.1 Å². The zero-order valence-corrected chi connectivity index (χ0v) is 29.4. The summed E-state index contributed by atoms with van der Waals surface area (Å²) in [4.78, 5) is 4.76. The lowest BCUT2D eigenvalue weighted by atomic mass is 9.34. The van der Waals surface area contributed by atoms with Gasteiger partial charge < -0.3 is 19.0 Å². The Labute approximate surface area is 294 Å². The molecule has 0 atom stereocenters. The van der Waals surface area contributed by atoms with Crippen molar-refractivity contribution >= 4 is 68.2 Å². The maximum absolute atomic E-state index is 6.93. The fraction of sp³-hybridized carbons (Fsp3) is 0.156. The number of rotatable bonds is 4. The van der Waals surface area contributed by atoms with Crippen LogP contribution in [0.2, 0.25) is 0 Å². The first-order chi connectivity index (χ1) is 24.2. The fourth-order valence-electron chi connectivity index (χ4n) is 7.73. The topological polar surface area (TPSA) is 28.9 Å². The summed E-state index contributed by atoms with van der Waals surface area (Å²) in [5.41, 5.74) is 15.9. The number of benzene rings is 6. The standard InChI is InChI=1S/C45H39BN2O2/c1-28-17-22-40-36(23-28)42-44(49-40)50-41-27-35(47(32-13-9-7-10-14-32)33-15-11-8-12-16-33)26-39-43(41)46(42)37-25-31(45(4,5)6)19-21-38(37)48(39)34-20-18-29(2)30(3)24-34/h7-27H,1-6H3. The Morgan fingerprint density at radius 3 is 2.02 bits per heavy atom. The van der Waals surface area contributed by atoms with Crippen LogP contribution in [0.1, 0.15) is 43.0 Å². The summed E-state index contributed by atoms with van der Waals surface area (Å²) in [5, 5.41) is 1.10. The number of fused-ring (bicyclic) bond motifs is 6. The number of nitrogens with zero attached hydrogens (tertiary/aromatic N) is 2.